The summed E-state index contributed by atoms with van der Waals surface area (Å²) < 4.78 is 5.48. The molecule has 0 radical (unpaired) electrons. The number of benzene rings is 2. The third kappa shape index (κ3) is 2.12. The van der Waals surface area contributed by atoms with Crippen molar-refractivity contribution in [2.24, 2.45) is 0 Å². The van der Waals surface area contributed by atoms with Crippen LogP contribution in [0.2, 0.25) is 0 Å². The second-order valence-electron chi connectivity index (χ2n) is 4.09. The zero-order chi connectivity index (χ0) is 13.1. The van der Waals surface area contributed by atoms with E-state index in [0.717, 1.165) is 22.6 Å². The summed E-state index contributed by atoms with van der Waals surface area (Å²) in [4.78, 5) is 4.27. The SMILES string of the molecule is N#Cc1ccc(-c2ocnc2-c2ccccc2)cc1. The Bertz CT molecular complexity index is 721. The van der Waals surface area contributed by atoms with Crippen LogP contribution in [0.3, 0.4) is 0 Å². The van der Waals surface area contributed by atoms with Crippen LogP contribution in [0.25, 0.3) is 22.6 Å². The van der Waals surface area contributed by atoms with Gasteiger partial charge in [-0.05, 0) is 24.3 Å². The van der Waals surface area contributed by atoms with Gasteiger partial charge in [-0.15, -0.1) is 0 Å². The van der Waals surface area contributed by atoms with Gasteiger partial charge >= 0.3 is 0 Å². The Balaban J connectivity index is 2.07. The maximum Gasteiger partial charge on any atom is 0.182 e. The first-order valence-electron chi connectivity index (χ1n) is 5.88. The third-order valence-electron chi connectivity index (χ3n) is 2.89. The predicted molar refractivity (Wildman–Crippen MR) is 72.1 cm³/mol. The summed E-state index contributed by atoms with van der Waals surface area (Å²) in [5.41, 5.74) is 3.36. The molecule has 1 heterocycles. The minimum Gasteiger partial charge on any atom is -0.443 e. The van der Waals surface area contributed by atoms with Gasteiger partial charge in [0.15, 0.2) is 12.2 Å². The highest BCUT2D eigenvalue weighted by molar-refractivity contribution is 5.76. The van der Waals surface area contributed by atoms with E-state index in [1.54, 1.807) is 12.1 Å². The van der Waals surface area contributed by atoms with Crippen molar-refractivity contribution in [3.63, 3.8) is 0 Å². The molecule has 0 unspecified atom stereocenters. The third-order valence-corrected chi connectivity index (χ3v) is 2.89. The standard InChI is InChI=1S/C16H10N2O/c17-10-12-6-8-14(9-7-12)16-15(18-11-19-16)13-4-2-1-3-5-13/h1-9,11H. The molecule has 3 heteroatoms. The summed E-state index contributed by atoms with van der Waals surface area (Å²) in [6, 6.07) is 19.2. The maximum absolute atomic E-state index is 8.81. The summed E-state index contributed by atoms with van der Waals surface area (Å²) in [5, 5.41) is 8.81. The van der Waals surface area contributed by atoms with E-state index in [0.29, 0.717) is 5.56 Å². The molecular formula is C16H10N2O. The van der Waals surface area contributed by atoms with E-state index in [9.17, 15) is 0 Å². The first-order chi connectivity index (χ1) is 9.38. The minimum absolute atomic E-state index is 0.629. The first-order valence-corrected chi connectivity index (χ1v) is 5.88. The molecule has 0 aliphatic carbocycles. The molecule has 19 heavy (non-hydrogen) atoms. The van der Waals surface area contributed by atoms with Crippen molar-refractivity contribution in [3.05, 3.63) is 66.6 Å². The lowest BCUT2D eigenvalue weighted by Gasteiger charge is -2.01. The molecule has 3 nitrogen and oxygen atoms in total. The summed E-state index contributed by atoms with van der Waals surface area (Å²) in [5.74, 6) is 0.718. The normalized spacial score (nSPS) is 10.1. The second kappa shape index (κ2) is 4.79. The molecule has 90 valence electrons. The largest absolute Gasteiger partial charge is 0.443 e. The predicted octanol–water partition coefficient (Wildman–Crippen LogP) is 3.88. The smallest absolute Gasteiger partial charge is 0.182 e. The van der Waals surface area contributed by atoms with Gasteiger partial charge in [0.1, 0.15) is 5.69 Å². The van der Waals surface area contributed by atoms with Gasteiger partial charge in [0.05, 0.1) is 11.6 Å². The van der Waals surface area contributed by atoms with Crippen LogP contribution in [0.15, 0.2) is 65.4 Å². The van der Waals surface area contributed by atoms with Crippen molar-refractivity contribution in [1.82, 2.24) is 4.98 Å². The molecule has 0 aliphatic heterocycles. The van der Waals surface area contributed by atoms with E-state index in [-0.39, 0.29) is 0 Å². The number of oxazole rings is 1. The molecule has 0 spiro atoms. The molecule has 3 aromatic rings. The van der Waals surface area contributed by atoms with Gasteiger partial charge in [0.2, 0.25) is 0 Å². The first kappa shape index (κ1) is 11.2. The average molecular weight is 246 g/mol. The molecule has 3 rings (SSSR count). The molecule has 0 bridgehead atoms. The van der Waals surface area contributed by atoms with Gasteiger partial charge in [0, 0.05) is 11.1 Å². The van der Waals surface area contributed by atoms with E-state index in [1.807, 2.05) is 42.5 Å². The van der Waals surface area contributed by atoms with Crippen molar-refractivity contribution in [2.45, 2.75) is 0 Å². The van der Waals surface area contributed by atoms with E-state index in [4.69, 9.17) is 9.68 Å². The lowest BCUT2D eigenvalue weighted by Crippen LogP contribution is -1.82. The van der Waals surface area contributed by atoms with Crippen LogP contribution in [0.5, 0.6) is 0 Å². The monoisotopic (exact) mass is 246 g/mol. The van der Waals surface area contributed by atoms with Crippen LogP contribution in [0, 0.1) is 11.3 Å². The number of hydrogen-bond acceptors (Lipinski definition) is 3. The highest BCUT2D eigenvalue weighted by Gasteiger charge is 2.12. The molecule has 0 N–H and O–H groups in total. The zero-order valence-electron chi connectivity index (χ0n) is 10.1. The molecule has 0 atom stereocenters. The maximum atomic E-state index is 8.81. The molecule has 0 saturated carbocycles. The Hall–Kier alpha value is -2.86. The highest BCUT2D eigenvalue weighted by atomic mass is 16.3. The minimum atomic E-state index is 0.629. The van der Waals surface area contributed by atoms with Crippen molar-refractivity contribution < 1.29 is 4.42 Å². The molecule has 1 aromatic heterocycles. The number of hydrogen-bond donors (Lipinski definition) is 0. The molecule has 0 saturated heterocycles. The van der Waals surface area contributed by atoms with Crippen LogP contribution in [-0.2, 0) is 0 Å². The van der Waals surface area contributed by atoms with Gasteiger partial charge in [-0.3, -0.25) is 0 Å². The number of nitriles is 1. The van der Waals surface area contributed by atoms with Gasteiger partial charge in [-0.25, -0.2) is 4.98 Å². The Morgan fingerprint density at radius 2 is 1.63 bits per heavy atom. The lowest BCUT2D eigenvalue weighted by atomic mass is 10.0. The second-order valence-corrected chi connectivity index (χ2v) is 4.09. The van der Waals surface area contributed by atoms with Crippen molar-refractivity contribution in [2.75, 3.05) is 0 Å². The summed E-state index contributed by atoms with van der Waals surface area (Å²) in [6.07, 6.45) is 1.44. The molecular weight excluding hydrogens is 236 g/mol. The topological polar surface area (TPSA) is 49.8 Å². The zero-order valence-corrected chi connectivity index (χ0v) is 10.1. The van der Waals surface area contributed by atoms with E-state index in [1.165, 1.54) is 6.39 Å². The number of aromatic nitrogens is 1. The summed E-state index contributed by atoms with van der Waals surface area (Å²) in [6.45, 7) is 0. The van der Waals surface area contributed by atoms with Gasteiger partial charge in [0.25, 0.3) is 0 Å². The Morgan fingerprint density at radius 1 is 0.895 bits per heavy atom. The Kier molecular flexibility index (Phi) is 2.83. The summed E-state index contributed by atoms with van der Waals surface area (Å²) in [7, 11) is 0. The Morgan fingerprint density at radius 3 is 2.32 bits per heavy atom. The van der Waals surface area contributed by atoms with Crippen molar-refractivity contribution >= 4 is 0 Å². The van der Waals surface area contributed by atoms with Crippen LogP contribution < -0.4 is 0 Å². The van der Waals surface area contributed by atoms with Gasteiger partial charge in [-0.1, -0.05) is 30.3 Å². The fourth-order valence-corrected chi connectivity index (χ4v) is 1.95. The fourth-order valence-electron chi connectivity index (χ4n) is 1.95. The van der Waals surface area contributed by atoms with Crippen LogP contribution in [0.1, 0.15) is 5.56 Å². The van der Waals surface area contributed by atoms with E-state index >= 15 is 0 Å². The fraction of sp³-hybridized carbons (Fsp3) is 0. The molecule has 0 amide bonds. The van der Waals surface area contributed by atoms with Crippen molar-refractivity contribution in [1.29, 1.82) is 5.26 Å². The van der Waals surface area contributed by atoms with Gasteiger partial charge in [-0.2, -0.15) is 5.26 Å². The number of nitrogens with zero attached hydrogens (tertiary/aromatic N) is 2. The van der Waals surface area contributed by atoms with E-state index < -0.39 is 0 Å². The van der Waals surface area contributed by atoms with Gasteiger partial charge < -0.3 is 4.42 Å². The quantitative estimate of drug-likeness (QED) is 0.689. The molecule has 0 fully saturated rings. The average Bonchev–Trinajstić information content (AvgIpc) is 2.98. The molecule has 2 aromatic carbocycles. The lowest BCUT2D eigenvalue weighted by molar-refractivity contribution is 0.572. The Labute approximate surface area is 110 Å². The van der Waals surface area contributed by atoms with Crippen LogP contribution >= 0.6 is 0 Å². The summed E-state index contributed by atoms with van der Waals surface area (Å²) >= 11 is 0. The van der Waals surface area contributed by atoms with Crippen molar-refractivity contribution in [3.8, 4) is 28.7 Å². The van der Waals surface area contributed by atoms with Crippen LogP contribution in [0.4, 0.5) is 0 Å². The number of rotatable bonds is 2. The van der Waals surface area contributed by atoms with E-state index in [2.05, 4.69) is 11.1 Å². The highest BCUT2D eigenvalue weighted by Crippen LogP contribution is 2.30. The molecule has 0 aliphatic rings. The van der Waals surface area contributed by atoms with Crippen LogP contribution in [-0.4, -0.2) is 4.98 Å².